The van der Waals surface area contributed by atoms with Gasteiger partial charge < -0.3 is 15.0 Å². The fourth-order valence-corrected chi connectivity index (χ4v) is 1.26. The number of rotatable bonds is 3. The number of phosphoric ester groups is 1. The second-order valence-electron chi connectivity index (χ2n) is 2.49. The monoisotopic (exact) mass is 219 g/mol. The highest BCUT2D eigenvalue weighted by molar-refractivity contribution is 7.46. The normalized spacial score (nSPS) is 11.1. The Morgan fingerprint density at radius 1 is 1.43 bits per heavy atom. The molecular formula is C7H10NO5P. The minimum atomic E-state index is -4.58. The molecule has 0 aliphatic carbocycles. The molecule has 0 saturated carbocycles. The minimum Gasteiger partial charge on any atom is -0.497 e. The smallest absolute Gasteiger partial charge is 0.497 e. The van der Waals surface area contributed by atoms with Crippen LogP contribution in [-0.4, -0.2) is 16.9 Å². The SMILES string of the molecule is COc1ccc(N)c(OP(=O)(O)O)c1. The Morgan fingerprint density at radius 2 is 2.07 bits per heavy atom. The average molecular weight is 219 g/mol. The van der Waals surface area contributed by atoms with Crippen molar-refractivity contribution in [2.45, 2.75) is 0 Å². The molecule has 0 heterocycles. The Morgan fingerprint density at radius 3 is 2.57 bits per heavy atom. The molecule has 0 amide bonds. The minimum absolute atomic E-state index is 0.0994. The van der Waals surface area contributed by atoms with E-state index in [2.05, 4.69) is 4.52 Å². The quantitative estimate of drug-likeness (QED) is 0.512. The van der Waals surface area contributed by atoms with Gasteiger partial charge in [-0.15, -0.1) is 0 Å². The first-order chi connectivity index (χ1) is 6.42. The van der Waals surface area contributed by atoms with Gasteiger partial charge in [0.05, 0.1) is 12.8 Å². The van der Waals surface area contributed by atoms with Gasteiger partial charge in [0.1, 0.15) is 5.75 Å². The van der Waals surface area contributed by atoms with Crippen molar-refractivity contribution in [3.8, 4) is 11.5 Å². The first kappa shape index (κ1) is 10.8. The second kappa shape index (κ2) is 3.88. The van der Waals surface area contributed by atoms with Crippen LogP contribution in [-0.2, 0) is 4.57 Å². The van der Waals surface area contributed by atoms with E-state index in [0.717, 1.165) is 0 Å². The first-order valence-corrected chi connectivity index (χ1v) is 5.14. The highest BCUT2D eigenvalue weighted by Crippen LogP contribution is 2.41. The lowest BCUT2D eigenvalue weighted by Crippen LogP contribution is -1.96. The number of phosphoric acid groups is 1. The second-order valence-corrected chi connectivity index (χ2v) is 3.65. The molecule has 0 spiro atoms. The molecule has 0 bridgehead atoms. The number of ether oxygens (including phenoxy) is 1. The van der Waals surface area contributed by atoms with Crippen LogP contribution in [0.15, 0.2) is 18.2 Å². The topological polar surface area (TPSA) is 102 Å². The molecule has 0 radical (unpaired) electrons. The molecule has 4 N–H and O–H groups in total. The van der Waals surface area contributed by atoms with Gasteiger partial charge >= 0.3 is 7.82 Å². The van der Waals surface area contributed by atoms with Crippen molar-refractivity contribution in [3.63, 3.8) is 0 Å². The van der Waals surface area contributed by atoms with Crippen LogP contribution >= 0.6 is 7.82 Å². The zero-order valence-electron chi connectivity index (χ0n) is 7.38. The molecule has 14 heavy (non-hydrogen) atoms. The summed E-state index contributed by atoms with van der Waals surface area (Å²) in [5.74, 6) is 0.306. The fraction of sp³-hybridized carbons (Fsp3) is 0.143. The van der Waals surface area contributed by atoms with Crippen LogP contribution in [0.1, 0.15) is 0 Å². The van der Waals surface area contributed by atoms with Gasteiger partial charge in [-0.1, -0.05) is 0 Å². The van der Waals surface area contributed by atoms with Crippen molar-refractivity contribution < 1.29 is 23.6 Å². The van der Waals surface area contributed by atoms with E-state index in [1.807, 2.05) is 0 Å². The molecular weight excluding hydrogens is 209 g/mol. The number of benzene rings is 1. The molecule has 1 aromatic carbocycles. The Hall–Kier alpha value is -1.23. The molecule has 1 aromatic rings. The van der Waals surface area contributed by atoms with E-state index < -0.39 is 7.82 Å². The number of anilines is 1. The molecule has 7 heteroatoms. The number of hydrogen-bond donors (Lipinski definition) is 3. The molecule has 0 fully saturated rings. The predicted molar refractivity (Wildman–Crippen MR) is 50.1 cm³/mol. The van der Waals surface area contributed by atoms with Crippen molar-refractivity contribution >= 4 is 13.5 Å². The molecule has 0 aromatic heterocycles. The summed E-state index contributed by atoms with van der Waals surface area (Å²) in [7, 11) is -3.16. The number of nitrogens with two attached hydrogens (primary N) is 1. The van der Waals surface area contributed by atoms with Crippen LogP contribution in [0.25, 0.3) is 0 Å². The Bertz CT molecular complexity index is 374. The van der Waals surface area contributed by atoms with E-state index in [1.165, 1.54) is 19.2 Å². The van der Waals surface area contributed by atoms with Gasteiger partial charge in [-0.25, -0.2) is 4.57 Å². The Labute approximate surface area is 80.5 Å². The van der Waals surface area contributed by atoms with E-state index in [-0.39, 0.29) is 11.4 Å². The van der Waals surface area contributed by atoms with Gasteiger partial charge in [-0.3, -0.25) is 9.79 Å². The van der Waals surface area contributed by atoms with Crippen LogP contribution in [0.4, 0.5) is 5.69 Å². The summed E-state index contributed by atoms with van der Waals surface area (Å²) in [6.07, 6.45) is 0. The van der Waals surface area contributed by atoms with Crippen LogP contribution in [0, 0.1) is 0 Å². The van der Waals surface area contributed by atoms with Crippen molar-refractivity contribution in [1.29, 1.82) is 0 Å². The fourth-order valence-electron chi connectivity index (χ4n) is 0.849. The van der Waals surface area contributed by atoms with Crippen LogP contribution in [0.2, 0.25) is 0 Å². The number of nitrogen functional groups attached to an aromatic ring is 1. The summed E-state index contributed by atoms with van der Waals surface area (Å²) in [5, 5.41) is 0. The largest absolute Gasteiger partial charge is 0.524 e. The number of hydrogen-bond acceptors (Lipinski definition) is 4. The Balaban J connectivity index is 3.01. The maximum atomic E-state index is 10.5. The van der Waals surface area contributed by atoms with Gasteiger partial charge in [-0.2, -0.15) is 0 Å². The maximum absolute atomic E-state index is 10.5. The Kier molecular flexibility index (Phi) is 3.00. The lowest BCUT2D eigenvalue weighted by Gasteiger charge is -2.10. The van der Waals surface area contributed by atoms with Crippen LogP contribution < -0.4 is 15.0 Å². The van der Waals surface area contributed by atoms with Crippen molar-refractivity contribution in [3.05, 3.63) is 18.2 Å². The summed E-state index contributed by atoms with van der Waals surface area (Å²) in [5.41, 5.74) is 5.56. The molecule has 0 unspecified atom stereocenters. The van der Waals surface area contributed by atoms with Crippen molar-refractivity contribution in [2.75, 3.05) is 12.8 Å². The molecule has 6 nitrogen and oxygen atoms in total. The predicted octanol–water partition coefficient (Wildman–Crippen LogP) is 0.749. The van der Waals surface area contributed by atoms with Crippen LogP contribution in [0.3, 0.4) is 0 Å². The molecule has 1 rings (SSSR count). The number of methoxy groups -OCH3 is 1. The average Bonchev–Trinajstić information content (AvgIpc) is 2.06. The zero-order chi connectivity index (χ0) is 10.8. The summed E-state index contributed by atoms with van der Waals surface area (Å²) < 4.78 is 19.7. The van der Waals surface area contributed by atoms with E-state index in [0.29, 0.717) is 5.75 Å². The maximum Gasteiger partial charge on any atom is 0.524 e. The van der Waals surface area contributed by atoms with Crippen molar-refractivity contribution in [1.82, 2.24) is 0 Å². The molecule has 0 atom stereocenters. The standard InChI is InChI=1S/C7H10NO5P/c1-12-5-2-3-6(8)7(4-5)13-14(9,10)11/h2-4H,8H2,1H3,(H2,9,10,11). The zero-order valence-corrected chi connectivity index (χ0v) is 8.27. The summed E-state index contributed by atoms with van der Waals surface area (Å²) in [6.45, 7) is 0. The van der Waals surface area contributed by atoms with E-state index >= 15 is 0 Å². The van der Waals surface area contributed by atoms with Gasteiger partial charge in [-0.05, 0) is 12.1 Å². The summed E-state index contributed by atoms with van der Waals surface area (Å²) in [6, 6.07) is 4.29. The van der Waals surface area contributed by atoms with Crippen LogP contribution in [0.5, 0.6) is 11.5 Å². The van der Waals surface area contributed by atoms with E-state index in [9.17, 15) is 4.57 Å². The van der Waals surface area contributed by atoms with E-state index in [1.54, 1.807) is 6.07 Å². The first-order valence-electron chi connectivity index (χ1n) is 3.61. The highest BCUT2D eigenvalue weighted by Gasteiger charge is 2.17. The highest BCUT2D eigenvalue weighted by atomic mass is 31.2. The van der Waals surface area contributed by atoms with Gasteiger partial charge in [0.25, 0.3) is 0 Å². The lowest BCUT2D eigenvalue weighted by atomic mass is 10.3. The molecule has 0 saturated heterocycles. The molecule has 0 aliphatic rings. The van der Waals surface area contributed by atoms with E-state index in [4.69, 9.17) is 20.3 Å². The van der Waals surface area contributed by atoms with Gasteiger partial charge in [0, 0.05) is 6.07 Å². The molecule has 78 valence electrons. The summed E-state index contributed by atoms with van der Waals surface area (Å²) >= 11 is 0. The third-order valence-corrected chi connectivity index (χ3v) is 1.87. The molecule has 0 aliphatic heterocycles. The third kappa shape index (κ3) is 2.92. The third-order valence-electron chi connectivity index (χ3n) is 1.44. The van der Waals surface area contributed by atoms with Gasteiger partial charge in [0.2, 0.25) is 0 Å². The summed E-state index contributed by atoms with van der Waals surface area (Å²) in [4.78, 5) is 17.1. The van der Waals surface area contributed by atoms with Crippen molar-refractivity contribution in [2.24, 2.45) is 0 Å². The lowest BCUT2D eigenvalue weighted by molar-refractivity contribution is 0.283. The van der Waals surface area contributed by atoms with Gasteiger partial charge in [0.15, 0.2) is 5.75 Å².